The van der Waals surface area contributed by atoms with Crippen LogP contribution in [0.2, 0.25) is 0 Å². The van der Waals surface area contributed by atoms with Gasteiger partial charge < -0.3 is 9.15 Å². The van der Waals surface area contributed by atoms with E-state index in [2.05, 4.69) is 44.1 Å². The number of ether oxygens (including phenoxy) is 1. The lowest BCUT2D eigenvalue weighted by molar-refractivity contribution is 0.290. The Balaban J connectivity index is 1.40. The average Bonchev–Trinajstić information content (AvgIpc) is 3.37. The summed E-state index contributed by atoms with van der Waals surface area (Å²) in [6, 6.07) is 8.27. The van der Waals surface area contributed by atoms with Crippen molar-refractivity contribution in [3.63, 3.8) is 0 Å². The van der Waals surface area contributed by atoms with Crippen LogP contribution in [0.3, 0.4) is 0 Å². The van der Waals surface area contributed by atoms with Gasteiger partial charge in [0, 0.05) is 31.0 Å². The Bertz CT molecular complexity index is 868. The maximum Gasteiger partial charge on any atom is 0.267 e. The molecule has 1 aromatic carbocycles. The summed E-state index contributed by atoms with van der Waals surface area (Å²) < 4.78 is 11.7. The van der Waals surface area contributed by atoms with E-state index in [1.165, 1.54) is 5.56 Å². The molecule has 140 valence electrons. The summed E-state index contributed by atoms with van der Waals surface area (Å²) >= 11 is 0. The van der Waals surface area contributed by atoms with E-state index in [1.54, 1.807) is 18.6 Å². The topological polar surface area (TPSA) is 77.2 Å². The number of hydrogen-bond acceptors (Lipinski definition) is 7. The van der Waals surface area contributed by atoms with Crippen LogP contribution in [0.4, 0.5) is 0 Å². The molecular weight excluding hydrogens is 342 g/mol. The van der Waals surface area contributed by atoms with Crippen molar-refractivity contribution in [3.8, 4) is 17.3 Å². The van der Waals surface area contributed by atoms with Crippen molar-refractivity contribution in [2.24, 2.45) is 0 Å². The van der Waals surface area contributed by atoms with E-state index in [-0.39, 0.29) is 5.92 Å². The molecule has 1 aliphatic rings. The van der Waals surface area contributed by atoms with Gasteiger partial charge in [0.25, 0.3) is 5.89 Å². The predicted molar refractivity (Wildman–Crippen MR) is 100 cm³/mol. The number of hydrogen-bond donors (Lipinski definition) is 0. The largest absolute Gasteiger partial charge is 0.493 e. The Morgan fingerprint density at radius 2 is 2.15 bits per heavy atom. The van der Waals surface area contributed by atoms with E-state index in [0.29, 0.717) is 17.5 Å². The highest BCUT2D eigenvalue weighted by molar-refractivity contribution is 5.43. The minimum atomic E-state index is 0.242. The molecule has 2 aromatic heterocycles. The second-order valence-electron chi connectivity index (χ2n) is 6.71. The minimum Gasteiger partial charge on any atom is -0.493 e. The molecule has 0 bridgehead atoms. The molecule has 0 spiro atoms. The number of para-hydroxylation sites is 1. The monoisotopic (exact) mass is 365 g/mol. The molecular formula is C20H23N5O2. The summed E-state index contributed by atoms with van der Waals surface area (Å²) in [7, 11) is 0. The van der Waals surface area contributed by atoms with Crippen molar-refractivity contribution in [1.82, 2.24) is 25.1 Å². The second kappa shape index (κ2) is 8.26. The summed E-state index contributed by atoms with van der Waals surface area (Å²) in [6.07, 6.45) is 6.88. The zero-order valence-corrected chi connectivity index (χ0v) is 15.4. The molecule has 0 N–H and O–H groups in total. The quantitative estimate of drug-likeness (QED) is 0.636. The third-order valence-electron chi connectivity index (χ3n) is 4.67. The standard InChI is InChI=1S/C20H23N5O2/c1-2-11-26-18-6-4-3-5-15(18)13-25-10-7-16(14-25)19-23-24-20(27-19)17-12-21-8-9-22-17/h3-6,8-9,12,16H,2,7,10-11,13-14H2,1H3. The fraction of sp³-hybridized carbons (Fsp3) is 0.400. The molecule has 1 fully saturated rings. The average molecular weight is 365 g/mol. The lowest BCUT2D eigenvalue weighted by Crippen LogP contribution is -2.20. The van der Waals surface area contributed by atoms with Gasteiger partial charge in [-0.05, 0) is 25.5 Å². The van der Waals surface area contributed by atoms with Gasteiger partial charge in [-0.2, -0.15) is 0 Å². The van der Waals surface area contributed by atoms with Gasteiger partial charge in [-0.3, -0.25) is 9.88 Å². The first-order chi connectivity index (χ1) is 13.3. The van der Waals surface area contributed by atoms with Gasteiger partial charge >= 0.3 is 0 Å². The van der Waals surface area contributed by atoms with Crippen LogP contribution >= 0.6 is 0 Å². The zero-order valence-electron chi connectivity index (χ0n) is 15.4. The van der Waals surface area contributed by atoms with Crippen LogP contribution in [0.15, 0.2) is 47.3 Å². The zero-order chi connectivity index (χ0) is 18.5. The SMILES string of the molecule is CCCOc1ccccc1CN1CCC(c2nnc(-c3cnccn3)o2)C1. The molecule has 3 aromatic rings. The summed E-state index contributed by atoms with van der Waals surface area (Å²) in [4.78, 5) is 10.7. The van der Waals surface area contributed by atoms with Gasteiger partial charge in [-0.25, -0.2) is 4.98 Å². The van der Waals surface area contributed by atoms with Crippen LogP contribution in [0, 0.1) is 0 Å². The van der Waals surface area contributed by atoms with Crippen LogP contribution in [-0.2, 0) is 6.54 Å². The molecule has 0 saturated carbocycles. The first-order valence-electron chi connectivity index (χ1n) is 9.36. The van der Waals surface area contributed by atoms with Crippen molar-refractivity contribution < 1.29 is 9.15 Å². The Hall–Kier alpha value is -2.80. The van der Waals surface area contributed by atoms with Gasteiger partial charge in [0.05, 0.1) is 18.7 Å². The molecule has 0 amide bonds. The maximum absolute atomic E-state index is 5.88. The van der Waals surface area contributed by atoms with Crippen molar-refractivity contribution in [3.05, 3.63) is 54.3 Å². The molecule has 7 nitrogen and oxygen atoms in total. The van der Waals surface area contributed by atoms with E-state index < -0.39 is 0 Å². The number of likely N-dealkylation sites (tertiary alicyclic amines) is 1. The van der Waals surface area contributed by atoms with Gasteiger partial charge in [-0.1, -0.05) is 25.1 Å². The molecule has 7 heteroatoms. The van der Waals surface area contributed by atoms with Crippen LogP contribution in [0.1, 0.15) is 37.1 Å². The fourth-order valence-corrected chi connectivity index (χ4v) is 3.32. The molecule has 0 aliphatic carbocycles. The highest BCUT2D eigenvalue weighted by Gasteiger charge is 2.29. The van der Waals surface area contributed by atoms with Crippen LogP contribution < -0.4 is 4.74 Å². The summed E-state index contributed by atoms with van der Waals surface area (Å²) in [5, 5.41) is 8.37. The smallest absolute Gasteiger partial charge is 0.267 e. The first-order valence-corrected chi connectivity index (χ1v) is 9.36. The van der Waals surface area contributed by atoms with E-state index >= 15 is 0 Å². The maximum atomic E-state index is 5.88. The molecule has 1 atom stereocenters. The number of rotatable bonds is 7. The summed E-state index contributed by atoms with van der Waals surface area (Å²) in [5.41, 5.74) is 1.82. The highest BCUT2D eigenvalue weighted by atomic mass is 16.5. The highest BCUT2D eigenvalue weighted by Crippen LogP contribution is 2.30. The first kappa shape index (κ1) is 17.6. The van der Waals surface area contributed by atoms with E-state index in [4.69, 9.17) is 9.15 Å². The van der Waals surface area contributed by atoms with Crippen LogP contribution in [0.5, 0.6) is 5.75 Å². The van der Waals surface area contributed by atoms with Crippen molar-refractivity contribution in [2.75, 3.05) is 19.7 Å². The Morgan fingerprint density at radius 1 is 1.22 bits per heavy atom. The van der Waals surface area contributed by atoms with Crippen LogP contribution in [0.25, 0.3) is 11.6 Å². The second-order valence-corrected chi connectivity index (χ2v) is 6.71. The van der Waals surface area contributed by atoms with Crippen LogP contribution in [-0.4, -0.2) is 44.8 Å². The lowest BCUT2D eigenvalue weighted by atomic mass is 10.1. The third kappa shape index (κ3) is 4.14. The van der Waals surface area contributed by atoms with Gasteiger partial charge in [0.2, 0.25) is 5.89 Å². The minimum absolute atomic E-state index is 0.242. The summed E-state index contributed by atoms with van der Waals surface area (Å²) in [6.45, 7) is 5.61. The van der Waals surface area contributed by atoms with Crippen molar-refractivity contribution in [2.45, 2.75) is 32.2 Å². The third-order valence-corrected chi connectivity index (χ3v) is 4.67. The molecule has 1 saturated heterocycles. The molecule has 27 heavy (non-hydrogen) atoms. The number of nitrogens with zero attached hydrogens (tertiary/aromatic N) is 5. The van der Waals surface area contributed by atoms with Crippen molar-refractivity contribution in [1.29, 1.82) is 0 Å². The molecule has 3 heterocycles. The normalized spacial score (nSPS) is 17.3. The Labute approximate surface area is 158 Å². The molecule has 0 radical (unpaired) electrons. The van der Waals surface area contributed by atoms with E-state index in [0.717, 1.165) is 44.8 Å². The van der Waals surface area contributed by atoms with Gasteiger partial charge in [0.15, 0.2) is 0 Å². The number of benzene rings is 1. The van der Waals surface area contributed by atoms with Crippen molar-refractivity contribution >= 4 is 0 Å². The van der Waals surface area contributed by atoms with E-state index in [1.807, 2.05) is 12.1 Å². The lowest BCUT2D eigenvalue weighted by Gasteiger charge is -2.18. The molecule has 4 rings (SSSR count). The van der Waals surface area contributed by atoms with Gasteiger partial charge in [-0.15, -0.1) is 10.2 Å². The Kier molecular flexibility index (Phi) is 5.39. The number of aromatic nitrogens is 4. The predicted octanol–water partition coefficient (Wildman–Crippen LogP) is 3.30. The Morgan fingerprint density at radius 3 is 3.00 bits per heavy atom. The molecule has 1 aliphatic heterocycles. The van der Waals surface area contributed by atoms with Gasteiger partial charge in [0.1, 0.15) is 11.4 Å². The molecule has 1 unspecified atom stereocenters. The van der Waals surface area contributed by atoms with E-state index in [9.17, 15) is 0 Å². The fourth-order valence-electron chi connectivity index (χ4n) is 3.32. The summed E-state index contributed by atoms with van der Waals surface area (Å²) in [5.74, 6) is 2.32.